The minimum Gasteiger partial charge on any atom is -0.454 e. The van der Waals surface area contributed by atoms with E-state index in [-0.39, 0.29) is 24.2 Å². The molecule has 2 aliphatic heterocycles. The van der Waals surface area contributed by atoms with Crippen LogP contribution in [0.5, 0.6) is 11.5 Å². The standard InChI is InChI=1S/C15H20N2O3/c1-15(2)8-16-6-5-13(15)17-14(18)10-3-4-11-12(7-10)20-9-19-11/h3-4,7,13,16H,5-6,8-9H2,1-2H3,(H,17,18). The van der Waals surface area contributed by atoms with Crippen LogP contribution in [-0.4, -0.2) is 31.8 Å². The Morgan fingerprint density at radius 3 is 2.95 bits per heavy atom. The summed E-state index contributed by atoms with van der Waals surface area (Å²) in [6.45, 7) is 6.42. The highest BCUT2D eigenvalue weighted by Crippen LogP contribution is 2.32. The van der Waals surface area contributed by atoms with E-state index in [2.05, 4.69) is 24.5 Å². The second-order valence-corrected chi connectivity index (χ2v) is 6.05. The minimum atomic E-state index is -0.0525. The van der Waals surface area contributed by atoms with Crippen molar-refractivity contribution in [3.63, 3.8) is 0 Å². The Bertz CT molecular complexity index is 528. The number of hydrogen-bond acceptors (Lipinski definition) is 4. The fourth-order valence-electron chi connectivity index (χ4n) is 2.72. The van der Waals surface area contributed by atoms with Gasteiger partial charge in [-0.1, -0.05) is 13.8 Å². The zero-order chi connectivity index (χ0) is 14.2. The first-order valence-corrected chi connectivity index (χ1v) is 6.97. The highest BCUT2D eigenvalue weighted by Gasteiger charge is 2.33. The van der Waals surface area contributed by atoms with Crippen molar-refractivity contribution >= 4 is 5.91 Å². The highest BCUT2D eigenvalue weighted by atomic mass is 16.7. The van der Waals surface area contributed by atoms with Crippen molar-refractivity contribution < 1.29 is 14.3 Å². The van der Waals surface area contributed by atoms with Gasteiger partial charge in [-0.3, -0.25) is 4.79 Å². The molecule has 1 amide bonds. The molecule has 0 aliphatic carbocycles. The lowest BCUT2D eigenvalue weighted by molar-refractivity contribution is 0.0868. The van der Waals surface area contributed by atoms with Crippen LogP contribution in [0, 0.1) is 5.41 Å². The Hall–Kier alpha value is -1.75. The van der Waals surface area contributed by atoms with E-state index in [1.165, 1.54) is 0 Å². The minimum absolute atomic E-state index is 0.0525. The van der Waals surface area contributed by atoms with Crippen molar-refractivity contribution in [1.29, 1.82) is 0 Å². The van der Waals surface area contributed by atoms with Gasteiger partial charge in [-0.05, 0) is 36.6 Å². The van der Waals surface area contributed by atoms with Crippen LogP contribution in [0.25, 0.3) is 0 Å². The number of amides is 1. The number of ether oxygens (including phenoxy) is 2. The molecule has 0 spiro atoms. The smallest absolute Gasteiger partial charge is 0.251 e. The zero-order valence-electron chi connectivity index (χ0n) is 11.9. The molecule has 0 aromatic heterocycles. The zero-order valence-corrected chi connectivity index (χ0v) is 11.9. The molecule has 108 valence electrons. The molecule has 1 aromatic rings. The van der Waals surface area contributed by atoms with Gasteiger partial charge in [0, 0.05) is 18.2 Å². The van der Waals surface area contributed by atoms with Gasteiger partial charge in [-0.2, -0.15) is 0 Å². The Morgan fingerprint density at radius 2 is 2.15 bits per heavy atom. The van der Waals surface area contributed by atoms with Crippen LogP contribution < -0.4 is 20.1 Å². The molecule has 5 heteroatoms. The van der Waals surface area contributed by atoms with Crippen LogP contribution in [0.1, 0.15) is 30.6 Å². The van der Waals surface area contributed by atoms with Crippen molar-refractivity contribution in [2.24, 2.45) is 5.41 Å². The number of carbonyl (C=O) groups excluding carboxylic acids is 1. The maximum atomic E-state index is 12.4. The molecule has 2 aliphatic rings. The molecule has 1 unspecified atom stereocenters. The Balaban J connectivity index is 1.73. The molecular weight excluding hydrogens is 256 g/mol. The number of hydrogen-bond donors (Lipinski definition) is 2. The summed E-state index contributed by atoms with van der Waals surface area (Å²) < 4.78 is 10.6. The van der Waals surface area contributed by atoms with E-state index in [9.17, 15) is 4.79 Å². The summed E-state index contributed by atoms with van der Waals surface area (Å²) in [5.41, 5.74) is 0.674. The number of carbonyl (C=O) groups is 1. The van der Waals surface area contributed by atoms with Gasteiger partial charge in [0.25, 0.3) is 5.91 Å². The van der Waals surface area contributed by atoms with Gasteiger partial charge in [0.15, 0.2) is 11.5 Å². The van der Waals surface area contributed by atoms with Gasteiger partial charge >= 0.3 is 0 Å². The molecule has 0 saturated carbocycles. The van der Waals surface area contributed by atoms with E-state index in [1.54, 1.807) is 18.2 Å². The number of nitrogens with one attached hydrogen (secondary N) is 2. The quantitative estimate of drug-likeness (QED) is 0.860. The van der Waals surface area contributed by atoms with Gasteiger partial charge in [0.2, 0.25) is 6.79 Å². The molecule has 0 bridgehead atoms. The van der Waals surface area contributed by atoms with Gasteiger partial charge in [0.05, 0.1) is 0 Å². The fourth-order valence-corrected chi connectivity index (χ4v) is 2.72. The average molecular weight is 276 g/mol. The summed E-state index contributed by atoms with van der Waals surface area (Å²) in [7, 11) is 0. The normalized spacial score (nSPS) is 23.4. The van der Waals surface area contributed by atoms with Crippen molar-refractivity contribution in [1.82, 2.24) is 10.6 Å². The summed E-state index contributed by atoms with van der Waals surface area (Å²) in [5, 5.41) is 6.51. The molecule has 1 atom stereocenters. The maximum Gasteiger partial charge on any atom is 0.251 e. The molecule has 2 N–H and O–H groups in total. The maximum absolute atomic E-state index is 12.4. The van der Waals surface area contributed by atoms with Crippen LogP contribution in [0.3, 0.4) is 0 Å². The van der Waals surface area contributed by atoms with Gasteiger partial charge in [-0.15, -0.1) is 0 Å². The number of benzene rings is 1. The van der Waals surface area contributed by atoms with Crippen LogP contribution in [0.2, 0.25) is 0 Å². The average Bonchev–Trinajstić information content (AvgIpc) is 2.88. The second-order valence-electron chi connectivity index (χ2n) is 6.05. The van der Waals surface area contributed by atoms with Gasteiger partial charge < -0.3 is 20.1 Å². The topological polar surface area (TPSA) is 59.6 Å². The first-order chi connectivity index (χ1) is 9.56. The van der Waals surface area contributed by atoms with Crippen molar-refractivity contribution in [2.75, 3.05) is 19.9 Å². The predicted molar refractivity (Wildman–Crippen MR) is 75.1 cm³/mol. The summed E-state index contributed by atoms with van der Waals surface area (Å²) in [5.74, 6) is 1.29. The van der Waals surface area contributed by atoms with E-state index in [0.717, 1.165) is 19.5 Å². The largest absolute Gasteiger partial charge is 0.454 e. The van der Waals surface area contributed by atoms with E-state index in [4.69, 9.17) is 9.47 Å². The molecule has 20 heavy (non-hydrogen) atoms. The summed E-state index contributed by atoms with van der Waals surface area (Å²) in [6.07, 6.45) is 0.948. The van der Waals surface area contributed by atoms with Crippen LogP contribution in [-0.2, 0) is 0 Å². The van der Waals surface area contributed by atoms with Crippen molar-refractivity contribution in [3.05, 3.63) is 23.8 Å². The third-order valence-corrected chi connectivity index (χ3v) is 4.07. The van der Waals surface area contributed by atoms with Crippen molar-refractivity contribution in [3.8, 4) is 11.5 Å². The van der Waals surface area contributed by atoms with E-state index >= 15 is 0 Å². The predicted octanol–water partition coefficient (Wildman–Crippen LogP) is 1.53. The number of piperidine rings is 1. The van der Waals surface area contributed by atoms with E-state index in [0.29, 0.717) is 17.1 Å². The van der Waals surface area contributed by atoms with Crippen LogP contribution in [0.4, 0.5) is 0 Å². The second kappa shape index (κ2) is 4.98. The highest BCUT2D eigenvalue weighted by molar-refractivity contribution is 5.95. The molecular formula is C15H20N2O3. The fraction of sp³-hybridized carbons (Fsp3) is 0.533. The van der Waals surface area contributed by atoms with Gasteiger partial charge in [0.1, 0.15) is 0 Å². The van der Waals surface area contributed by atoms with Crippen LogP contribution in [0.15, 0.2) is 18.2 Å². The first kappa shape index (κ1) is 13.2. The summed E-state index contributed by atoms with van der Waals surface area (Å²) in [6, 6.07) is 5.48. The van der Waals surface area contributed by atoms with E-state index < -0.39 is 0 Å². The molecule has 5 nitrogen and oxygen atoms in total. The Morgan fingerprint density at radius 1 is 1.35 bits per heavy atom. The summed E-state index contributed by atoms with van der Waals surface area (Å²) >= 11 is 0. The van der Waals surface area contributed by atoms with Crippen molar-refractivity contribution in [2.45, 2.75) is 26.3 Å². The Kier molecular flexibility index (Phi) is 3.30. The third kappa shape index (κ3) is 2.45. The van der Waals surface area contributed by atoms with Gasteiger partial charge in [-0.25, -0.2) is 0 Å². The number of fused-ring (bicyclic) bond motifs is 1. The Labute approximate surface area is 118 Å². The molecule has 1 fully saturated rings. The first-order valence-electron chi connectivity index (χ1n) is 6.97. The van der Waals surface area contributed by atoms with Crippen LogP contribution >= 0.6 is 0 Å². The molecule has 0 radical (unpaired) electrons. The summed E-state index contributed by atoms with van der Waals surface area (Å²) in [4.78, 5) is 12.4. The molecule has 1 saturated heterocycles. The molecule has 3 rings (SSSR count). The molecule has 1 aromatic carbocycles. The molecule has 2 heterocycles. The SMILES string of the molecule is CC1(C)CNCCC1NC(=O)c1ccc2c(c1)OCO2. The monoisotopic (exact) mass is 276 g/mol. The number of rotatable bonds is 2. The lowest BCUT2D eigenvalue weighted by Crippen LogP contribution is -2.54. The lowest BCUT2D eigenvalue weighted by atomic mass is 9.80. The third-order valence-electron chi connectivity index (χ3n) is 4.07. The lowest BCUT2D eigenvalue weighted by Gasteiger charge is -2.39. The van der Waals surface area contributed by atoms with E-state index in [1.807, 2.05) is 0 Å².